The van der Waals surface area contributed by atoms with E-state index in [1.165, 1.54) is 0 Å². The number of thioether (sulfide) groups is 1. The molecule has 2 rings (SSSR count). The van der Waals surface area contributed by atoms with Gasteiger partial charge in [0.25, 0.3) is 0 Å². The minimum Gasteiger partial charge on any atom is -0.481 e. The lowest BCUT2D eigenvalue weighted by molar-refractivity contribution is -0.133. The largest absolute Gasteiger partial charge is 0.481 e. The van der Waals surface area contributed by atoms with Crippen molar-refractivity contribution in [1.82, 2.24) is 14.9 Å². The Morgan fingerprint density at radius 3 is 2.85 bits per heavy atom. The molecule has 0 radical (unpaired) electrons. The molecule has 1 amide bonds. The zero-order valence-electron chi connectivity index (χ0n) is 11.2. The van der Waals surface area contributed by atoms with Crippen LogP contribution in [0.1, 0.15) is 5.56 Å². The van der Waals surface area contributed by atoms with E-state index in [-0.39, 0.29) is 18.2 Å². The molecule has 7 heteroatoms. The Kier molecular flexibility index (Phi) is 4.29. The highest BCUT2D eigenvalue weighted by molar-refractivity contribution is 7.99. The minimum absolute atomic E-state index is 0.0873. The zero-order valence-corrected chi connectivity index (χ0v) is 12.0. The van der Waals surface area contributed by atoms with Crippen LogP contribution in [0.5, 0.6) is 0 Å². The molecular weight excluding hydrogens is 278 g/mol. The van der Waals surface area contributed by atoms with Crippen LogP contribution >= 0.6 is 11.8 Å². The second-order valence-corrected chi connectivity index (χ2v) is 5.27. The van der Waals surface area contributed by atoms with Gasteiger partial charge >= 0.3 is 5.97 Å². The maximum absolute atomic E-state index is 11.6. The zero-order chi connectivity index (χ0) is 14.7. The van der Waals surface area contributed by atoms with Crippen molar-refractivity contribution in [1.29, 1.82) is 0 Å². The summed E-state index contributed by atoms with van der Waals surface area (Å²) < 4.78 is 1.74. The minimum atomic E-state index is -0.912. The quantitative estimate of drug-likeness (QED) is 0.811. The number of nitrogens with one attached hydrogen (secondary N) is 1. The van der Waals surface area contributed by atoms with Crippen molar-refractivity contribution in [3.8, 4) is 0 Å². The number of imidazole rings is 1. The molecule has 0 fully saturated rings. The fourth-order valence-electron chi connectivity index (χ4n) is 1.83. The topological polar surface area (TPSA) is 84.2 Å². The van der Waals surface area contributed by atoms with Gasteiger partial charge in [-0.1, -0.05) is 17.8 Å². The number of amides is 1. The number of carbonyl (C=O) groups excluding carboxylic acids is 1. The third-order valence-electron chi connectivity index (χ3n) is 2.77. The predicted molar refractivity (Wildman–Crippen MR) is 76.9 cm³/mol. The van der Waals surface area contributed by atoms with Gasteiger partial charge in [0.2, 0.25) is 5.91 Å². The van der Waals surface area contributed by atoms with E-state index in [1.54, 1.807) is 11.6 Å². The van der Waals surface area contributed by atoms with Crippen LogP contribution in [-0.2, 0) is 16.1 Å². The molecule has 1 heterocycles. The highest BCUT2D eigenvalue weighted by Crippen LogP contribution is 2.24. The number of fused-ring (bicyclic) bond motifs is 1. The summed E-state index contributed by atoms with van der Waals surface area (Å²) >= 11 is 1.11. The van der Waals surface area contributed by atoms with Gasteiger partial charge < -0.3 is 15.0 Å². The van der Waals surface area contributed by atoms with E-state index in [2.05, 4.69) is 10.3 Å². The third kappa shape index (κ3) is 3.11. The Balaban J connectivity index is 2.44. The molecule has 0 saturated carbocycles. The Bertz CT molecular complexity index is 666. The van der Waals surface area contributed by atoms with Gasteiger partial charge in [-0.15, -0.1) is 0 Å². The first-order valence-electron chi connectivity index (χ1n) is 6.03. The third-order valence-corrected chi connectivity index (χ3v) is 3.74. The Morgan fingerprint density at radius 2 is 2.20 bits per heavy atom. The molecular formula is C13H15N3O3S. The normalized spacial score (nSPS) is 10.7. The highest BCUT2D eigenvalue weighted by atomic mass is 32.2. The summed E-state index contributed by atoms with van der Waals surface area (Å²) in [6.07, 6.45) is 0. The van der Waals surface area contributed by atoms with Gasteiger partial charge in [-0.05, 0) is 24.6 Å². The first-order valence-corrected chi connectivity index (χ1v) is 7.02. The molecule has 0 atom stereocenters. The van der Waals surface area contributed by atoms with E-state index < -0.39 is 5.97 Å². The molecule has 0 bridgehead atoms. The van der Waals surface area contributed by atoms with Crippen molar-refractivity contribution in [3.63, 3.8) is 0 Å². The number of benzene rings is 1. The van der Waals surface area contributed by atoms with E-state index in [1.807, 2.05) is 25.1 Å². The van der Waals surface area contributed by atoms with Gasteiger partial charge in [0.1, 0.15) is 6.54 Å². The van der Waals surface area contributed by atoms with Gasteiger partial charge in [-0.2, -0.15) is 0 Å². The van der Waals surface area contributed by atoms with E-state index in [0.717, 1.165) is 28.4 Å². The summed E-state index contributed by atoms with van der Waals surface area (Å²) in [5.74, 6) is -1.15. The van der Waals surface area contributed by atoms with Crippen molar-refractivity contribution in [3.05, 3.63) is 23.8 Å². The fraction of sp³-hybridized carbons (Fsp3) is 0.308. The monoisotopic (exact) mass is 293 g/mol. The number of aliphatic carboxylic acids is 1. The smallest absolute Gasteiger partial charge is 0.313 e. The maximum atomic E-state index is 11.6. The van der Waals surface area contributed by atoms with Crippen LogP contribution in [0.3, 0.4) is 0 Å². The van der Waals surface area contributed by atoms with Crippen molar-refractivity contribution < 1.29 is 14.7 Å². The number of hydrogen-bond donors (Lipinski definition) is 2. The first kappa shape index (κ1) is 14.4. The summed E-state index contributed by atoms with van der Waals surface area (Å²) in [4.78, 5) is 26.7. The molecule has 0 aliphatic carbocycles. The Hall–Kier alpha value is -2.02. The van der Waals surface area contributed by atoms with Crippen molar-refractivity contribution in [2.75, 3.05) is 12.8 Å². The standard InChI is InChI=1S/C13H15N3O3S/c1-8-3-4-10-9(5-8)15-13(20-7-12(18)19)16(10)6-11(17)14-2/h3-5H,6-7H2,1-2H3,(H,14,17)(H,18,19). The lowest BCUT2D eigenvalue weighted by atomic mass is 10.2. The van der Waals surface area contributed by atoms with Crippen LogP contribution in [0, 0.1) is 6.92 Å². The van der Waals surface area contributed by atoms with E-state index in [9.17, 15) is 9.59 Å². The van der Waals surface area contributed by atoms with Gasteiger partial charge in [-0.25, -0.2) is 4.98 Å². The second-order valence-electron chi connectivity index (χ2n) is 4.33. The van der Waals surface area contributed by atoms with Gasteiger partial charge in [-0.3, -0.25) is 9.59 Å². The molecule has 1 aromatic heterocycles. The lowest BCUT2D eigenvalue weighted by Crippen LogP contribution is -2.23. The average Bonchev–Trinajstić information content (AvgIpc) is 2.73. The molecule has 0 saturated heterocycles. The summed E-state index contributed by atoms with van der Waals surface area (Å²) in [6.45, 7) is 2.08. The average molecular weight is 293 g/mol. The molecule has 20 heavy (non-hydrogen) atoms. The van der Waals surface area contributed by atoms with E-state index in [4.69, 9.17) is 5.11 Å². The van der Waals surface area contributed by atoms with Crippen LogP contribution in [0.2, 0.25) is 0 Å². The summed E-state index contributed by atoms with van der Waals surface area (Å²) in [5, 5.41) is 11.9. The number of rotatable bonds is 5. The number of hydrogen-bond acceptors (Lipinski definition) is 4. The number of carboxylic acids is 1. The Labute approximate surface area is 120 Å². The number of aromatic nitrogens is 2. The van der Waals surface area contributed by atoms with Crippen LogP contribution < -0.4 is 5.32 Å². The molecule has 0 unspecified atom stereocenters. The first-order chi connectivity index (χ1) is 9.51. The maximum Gasteiger partial charge on any atom is 0.313 e. The molecule has 0 spiro atoms. The highest BCUT2D eigenvalue weighted by Gasteiger charge is 2.14. The summed E-state index contributed by atoms with van der Waals surface area (Å²) in [6, 6.07) is 5.75. The van der Waals surface area contributed by atoms with Crippen LogP contribution in [0.25, 0.3) is 11.0 Å². The van der Waals surface area contributed by atoms with Gasteiger partial charge in [0.05, 0.1) is 16.8 Å². The summed E-state index contributed by atoms with van der Waals surface area (Å²) in [7, 11) is 1.57. The number of carbonyl (C=O) groups is 2. The molecule has 0 aliphatic heterocycles. The summed E-state index contributed by atoms with van der Waals surface area (Å²) in [5.41, 5.74) is 2.66. The number of nitrogens with zero attached hydrogens (tertiary/aromatic N) is 2. The second kappa shape index (κ2) is 5.96. The van der Waals surface area contributed by atoms with Crippen LogP contribution in [0.15, 0.2) is 23.4 Å². The van der Waals surface area contributed by atoms with Crippen molar-refractivity contribution >= 4 is 34.7 Å². The van der Waals surface area contributed by atoms with Crippen LogP contribution in [0.4, 0.5) is 0 Å². The number of likely N-dealkylation sites (N-methyl/N-ethyl adjacent to an activating group) is 1. The SMILES string of the molecule is CNC(=O)Cn1c(SCC(=O)O)nc2cc(C)ccc21. The Morgan fingerprint density at radius 1 is 1.45 bits per heavy atom. The molecule has 2 N–H and O–H groups in total. The van der Waals surface area contributed by atoms with Gasteiger partial charge in [0.15, 0.2) is 5.16 Å². The molecule has 1 aromatic carbocycles. The number of aryl methyl sites for hydroxylation is 1. The van der Waals surface area contributed by atoms with Gasteiger partial charge in [0, 0.05) is 7.05 Å². The van der Waals surface area contributed by atoms with Crippen LogP contribution in [-0.4, -0.2) is 39.3 Å². The van der Waals surface area contributed by atoms with E-state index >= 15 is 0 Å². The van der Waals surface area contributed by atoms with Crippen molar-refractivity contribution in [2.24, 2.45) is 0 Å². The predicted octanol–water partition coefficient (Wildman–Crippen LogP) is 1.27. The van der Waals surface area contributed by atoms with Crippen molar-refractivity contribution in [2.45, 2.75) is 18.6 Å². The number of carboxylic acid groups (broad SMARTS) is 1. The molecule has 106 valence electrons. The van der Waals surface area contributed by atoms with E-state index in [0.29, 0.717) is 5.16 Å². The lowest BCUT2D eigenvalue weighted by Gasteiger charge is -2.07. The molecule has 2 aromatic rings. The fourth-order valence-corrected chi connectivity index (χ4v) is 2.56. The molecule has 0 aliphatic rings. The molecule has 6 nitrogen and oxygen atoms in total.